The van der Waals surface area contributed by atoms with Gasteiger partial charge in [0.25, 0.3) is 0 Å². The first-order chi connectivity index (χ1) is 10.2. The number of aldehydes is 2. The lowest BCUT2D eigenvalue weighted by Crippen LogP contribution is -2.40. The molecule has 0 aromatic rings. The van der Waals surface area contributed by atoms with E-state index in [-0.39, 0.29) is 29.3 Å². The number of hydrogen-bond donors (Lipinski definition) is 0. The van der Waals surface area contributed by atoms with Crippen LogP contribution in [0.15, 0.2) is 11.1 Å². The molecule has 2 aliphatic rings. The molecule has 0 aromatic carbocycles. The largest absolute Gasteiger partial charge is 0.462 e. The van der Waals surface area contributed by atoms with E-state index in [1.165, 1.54) is 6.92 Å². The summed E-state index contributed by atoms with van der Waals surface area (Å²) in [6.07, 6.45) is 3.51. The van der Waals surface area contributed by atoms with Crippen molar-refractivity contribution < 1.29 is 19.1 Å². The van der Waals surface area contributed by atoms with Gasteiger partial charge in [-0.3, -0.25) is 4.79 Å². The van der Waals surface area contributed by atoms with Crippen molar-refractivity contribution in [3.05, 3.63) is 11.1 Å². The average Bonchev–Trinajstić information content (AvgIpc) is 2.61. The van der Waals surface area contributed by atoms with E-state index in [1.54, 1.807) is 0 Å². The maximum absolute atomic E-state index is 11.8. The molecule has 4 heteroatoms. The van der Waals surface area contributed by atoms with Gasteiger partial charge in [0.2, 0.25) is 0 Å². The zero-order valence-electron chi connectivity index (χ0n) is 14.1. The van der Waals surface area contributed by atoms with Crippen molar-refractivity contribution in [2.24, 2.45) is 22.7 Å². The highest BCUT2D eigenvalue weighted by atomic mass is 16.5. The van der Waals surface area contributed by atoms with E-state index in [9.17, 15) is 14.4 Å². The molecule has 4 nitrogen and oxygen atoms in total. The van der Waals surface area contributed by atoms with Crippen molar-refractivity contribution in [2.75, 3.05) is 0 Å². The minimum Gasteiger partial charge on any atom is -0.462 e. The number of hydrogen-bond acceptors (Lipinski definition) is 4. The molecule has 0 unspecified atom stereocenters. The van der Waals surface area contributed by atoms with Gasteiger partial charge in [-0.05, 0) is 36.7 Å². The van der Waals surface area contributed by atoms with Crippen LogP contribution in [0.3, 0.4) is 0 Å². The van der Waals surface area contributed by atoms with E-state index in [4.69, 9.17) is 4.74 Å². The van der Waals surface area contributed by atoms with E-state index in [0.29, 0.717) is 6.42 Å². The van der Waals surface area contributed by atoms with Crippen molar-refractivity contribution in [1.29, 1.82) is 0 Å². The highest BCUT2D eigenvalue weighted by molar-refractivity contribution is 5.70. The maximum Gasteiger partial charge on any atom is 0.302 e. The molecule has 1 saturated carbocycles. The van der Waals surface area contributed by atoms with Crippen LogP contribution < -0.4 is 0 Å². The lowest BCUT2D eigenvalue weighted by Gasteiger charge is -2.41. The van der Waals surface area contributed by atoms with Crippen LogP contribution in [0, 0.1) is 22.7 Å². The Morgan fingerprint density at radius 3 is 2.45 bits per heavy atom. The predicted molar refractivity (Wildman–Crippen MR) is 83.1 cm³/mol. The molecule has 0 aromatic heterocycles. The zero-order valence-corrected chi connectivity index (χ0v) is 14.1. The first-order valence-electron chi connectivity index (χ1n) is 7.97. The van der Waals surface area contributed by atoms with Gasteiger partial charge in [0, 0.05) is 24.7 Å². The summed E-state index contributed by atoms with van der Waals surface area (Å²) in [6.45, 7) is 9.67. The van der Waals surface area contributed by atoms with Crippen LogP contribution in [-0.4, -0.2) is 24.6 Å². The summed E-state index contributed by atoms with van der Waals surface area (Å²) in [7, 11) is 0. The van der Waals surface area contributed by atoms with E-state index >= 15 is 0 Å². The summed E-state index contributed by atoms with van der Waals surface area (Å²) in [5.41, 5.74) is 1.41. The fourth-order valence-corrected chi connectivity index (χ4v) is 4.88. The molecular formula is C18H26O4. The number of ether oxygens (including phenoxy) is 1. The minimum atomic E-state index is -0.570. The number of fused-ring (bicyclic) bond motifs is 1. The number of carbonyl (C=O) groups excluding carboxylic acids is 3. The average molecular weight is 306 g/mol. The fourth-order valence-electron chi connectivity index (χ4n) is 4.88. The van der Waals surface area contributed by atoms with E-state index < -0.39 is 5.41 Å². The van der Waals surface area contributed by atoms with Crippen LogP contribution in [0.25, 0.3) is 0 Å². The Kier molecular flexibility index (Phi) is 4.33. The van der Waals surface area contributed by atoms with E-state index in [1.807, 2.05) is 6.92 Å². The van der Waals surface area contributed by atoms with Gasteiger partial charge < -0.3 is 14.3 Å². The van der Waals surface area contributed by atoms with Gasteiger partial charge in [0.1, 0.15) is 18.7 Å². The number of esters is 1. The maximum atomic E-state index is 11.8. The third-order valence-electron chi connectivity index (χ3n) is 5.37. The van der Waals surface area contributed by atoms with Crippen molar-refractivity contribution in [3.63, 3.8) is 0 Å². The van der Waals surface area contributed by atoms with Crippen molar-refractivity contribution in [2.45, 2.75) is 60.0 Å². The summed E-state index contributed by atoms with van der Waals surface area (Å²) in [6, 6.07) is 0. The molecule has 0 saturated heterocycles. The molecule has 0 amide bonds. The molecule has 2 aliphatic carbocycles. The molecule has 122 valence electrons. The lowest BCUT2D eigenvalue weighted by molar-refractivity contribution is -0.151. The Morgan fingerprint density at radius 1 is 1.32 bits per heavy atom. The molecule has 0 bridgehead atoms. The minimum absolute atomic E-state index is 0.0118. The highest BCUT2D eigenvalue weighted by Crippen LogP contribution is 2.61. The second-order valence-electron chi connectivity index (χ2n) is 7.77. The van der Waals surface area contributed by atoms with Crippen LogP contribution in [-0.2, 0) is 19.1 Å². The third-order valence-corrected chi connectivity index (χ3v) is 5.37. The van der Waals surface area contributed by atoms with Gasteiger partial charge in [-0.2, -0.15) is 0 Å². The highest BCUT2D eigenvalue weighted by Gasteiger charge is 2.57. The second kappa shape index (κ2) is 5.64. The van der Waals surface area contributed by atoms with E-state index in [0.717, 1.165) is 36.6 Å². The Bertz CT molecular complexity index is 531. The predicted octanol–water partition coefficient (Wildman–Crippen LogP) is 3.09. The Hall–Kier alpha value is -1.45. The van der Waals surface area contributed by atoms with Gasteiger partial charge in [-0.25, -0.2) is 0 Å². The SMILES string of the molecule is CC(=O)O[C@H]1C[C@@H](C)C(CC=O)=C2[C@@H]1C(C)(C)C[C@]2(C)C=O. The van der Waals surface area contributed by atoms with Crippen molar-refractivity contribution in [1.82, 2.24) is 0 Å². The first-order valence-corrected chi connectivity index (χ1v) is 7.97. The van der Waals surface area contributed by atoms with Crippen LogP contribution in [0.2, 0.25) is 0 Å². The summed E-state index contributed by atoms with van der Waals surface area (Å²) in [4.78, 5) is 34.4. The Balaban J connectivity index is 2.61. The number of rotatable bonds is 4. The summed E-state index contributed by atoms with van der Waals surface area (Å²) < 4.78 is 5.60. The van der Waals surface area contributed by atoms with Gasteiger partial charge in [-0.15, -0.1) is 0 Å². The fraction of sp³-hybridized carbons (Fsp3) is 0.722. The smallest absolute Gasteiger partial charge is 0.302 e. The standard InChI is InChI=1S/C18H26O4/c1-11-8-14(22-12(2)21)16-15(13(11)6-7-19)18(5,10-20)9-17(16,3)4/h7,10-11,14,16H,6,8-9H2,1-5H3/t11-,14+,16-,18-/m1/s1. The van der Waals surface area contributed by atoms with Crippen molar-refractivity contribution >= 4 is 18.5 Å². The molecule has 2 rings (SSSR count). The first kappa shape index (κ1) is 16.9. The molecule has 0 N–H and O–H groups in total. The van der Waals surface area contributed by atoms with Gasteiger partial charge in [0.05, 0.1) is 0 Å². The molecule has 1 fully saturated rings. The van der Waals surface area contributed by atoms with Crippen LogP contribution in [0.5, 0.6) is 0 Å². The number of allylic oxidation sites excluding steroid dienone is 1. The van der Waals surface area contributed by atoms with Crippen LogP contribution in [0.4, 0.5) is 0 Å². The Labute approximate surface area is 132 Å². The molecule has 0 heterocycles. The number of carbonyl (C=O) groups is 3. The summed E-state index contributed by atoms with van der Waals surface area (Å²) >= 11 is 0. The quantitative estimate of drug-likeness (QED) is 0.455. The van der Waals surface area contributed by atoms with Gasteiger partial charge in [0.15, 0.2) is 0 Å². The summed E-state index contributed by atoms with van der Waals surface area (Å²) in [5, 5.41) is 0. The molecular weight excluding hydrogens is 280 g/mol. The Morgan fingerprint density at radius 2 is 1.95 bits per heavy atom. The van der Waals surface area contributed by atoms with Gasteiger partial charge >= 0.3 is 5.97 Å². The molecule has 0 radical (unpaired) electrons. The molecule has 22 heavy (non-hydrogen) atoms. The zero-order chi connectivity index (χ0) is 16.7. The third kappa shape index (κ3) is 2.64. The van der Waals surface area contributed by atoms with Crippen LogP contribution in [0.1, 0.15) is 53.9 Å². The topological polar surface area (TPSA) is 60.4 Å². The van der Waals surface area contributed by atoms with Crippen LogP contribution >= 0.6 is 0 Å². The lowest BCUT2D eigenvalue weighted by atomic mass is 9.67. The van der Waals surface area contributed by atoms with E-state index in [2.05, 4.69) is 20.8 Å². The monoisotopic (exact) mass is 306 g/mol. The normalized spacial score (nSPS) is 36.7. The summed E-state index contributed by atoms with van der Waals surface area (Å²) in [5.74, 6) is -0.127. The van der Waals surface area contributed by atoms with Gasteiger partial charge in [-0.1, -0.05) is 26.3 Å². The molecule has 0 spiro atoms. The molecule has 0 aliphatic heterocycles. The molecule has 4 atom stereocenters. The van der Waals surface area contributed by atoms with Crippen molar-refractivity contribution in [3.8, 4) is 0 Å². The second-order valence-corrected chi connectivity index (χ2v) is 7.77.